The molecule has 244 valence electrons. The quantitative estimate of drug-likeness (QED) is 0.213. The minimum Gasteiger partial charge on any atom is -0.363 e. The van der Waals surface area contributed by atoms with Crippen LogP contribution in [0.4, 0.5) is 4.79 Å². The van der Waals surface area contributed by atoms with Gasteiger partial charge in [-0.2, -0.15) is 0 Å². The molecule has 2 aliphatic carbocycles. The first kappa shape index (κ1) is 34.7. The van der Waals surface area contributed by atoms with Crippen molar-refractivity contribution in [2.45, 2.75) is 91.9 Å². The van der Waals surface area contributed by atoms with Crippen LogP contribution in [0.2, 0.25) is 0 Å². The van der Waals surface area contributed by atoms with Gasteiger partial charge < -0.3 is 26.6 Å². The molecule has 2 saturated carbocycles. The Hall–Kier alpha value is -2.74. The fourth-order valence-electron chi connectivity index (χ4n) is 6.15. The van der Waals surface area contributed by atoms with Crippen LogP contribution in [-0.2, 0) is 29.2 Å². The Morgan fingerprint density at radius 2 is 1.63 bits per heavy atom. The van der Waals surface area contributed by atoms with E-state index in [4.69, 9.17) is 5.73 Å². The fraction of sp³-hybridized carbons (Fsp3) is 0.828. The highest BCUT2D eigenvalue weighted by Gasteiger charge is 2.70. The number of carbonyl (C=O) groups excluding carboxylic acids is 5. The molecular formula is C29H50N6O7S. The molecule has 3 aliphatic rings. The monoisotopic (exact) mass is 626 g/mol. The number of rotatable bonds is 13. The smallest absolute Gasteiger partial charge is 0.315 e. The maximum absolute atomic E-state index is 14.1. The Bertz CT molecular complexity index is 1240. The highest BCUT2D eigenvalue weighted by Crippen LogP contribution is 2.65. The van der Waals surface area contributed by atoms with Gasteiger partial charge in [-0.25, -0.2) is 17.5 Å². The van der Waals surface area contributed by atoms with Gasteiger partial charge in [-0.3, -0.25) is 19.2 Å². The summed E-state index contributed by atoms with van der Waals surface area (Å²) in [6, 6.07) is -4.10. The molecule has 0 spiro atoms. The molecule has 43 heavy (non-hydrogen) atoms. The molecule has 0 radical (unpaired) electrons. The van der Waals surface area contributed by atoms with Crippen molar-refractivity contribution in [1.82, 2.24) is 25.2 Å². The van der Waals surface area contributed by atoms with Crippen LogP contribution in [0, 0.1) is 34.5 Å². The Kier molecular flexibility index (Phi) is 9.97. The molecule has 6 atom stereocenters. The van der Waals surface area contributed by atoms with E-state index >= 15 is 0 Å². The van der Waals surface area contributed by atoms with E-state index < -0.39 is 69.1 Å². The second-order valence-corrected chi connectivity index (χ2v) is 16.8. The molecule has 0 aromatic heterocycles. The Morgan fingerprint density at radius 3 is 2.09 bits per heavy atom. The van der Waals surface area contributed by atoms with E-state index in [9.17, 15) is 32.4 Å². The number of ketones is 1. The van der Waals surface area contributed by atoms with E-state index in [0.717, 1.165) is 23.4 Å². The second kappa shape index (κ2) is 12.3. The predicted octanol–water partition coefficient (Wildman–Crippen LogP) is 0.439. The summed E-state index contributed by atoms with van der Waals surface area (Å²) in [6.07, 6.45) is 3.23. The first-order valence-electron chi connectivity index (χ1n) is 15.0. The third-order valence-corrected chi connectivity index (χ3v) is 10.7. The van der Waals surface area contributed by atoms with Crippen molar-refractivity contribution >= 4 is 39.6 Å². The number of likely N-dealkylation sites (N-methyl/N-ethyl adjacent to an activating group) is 1. The number of amides is 5. The zero-order chi connectivity index (χ0) is 32.8. The molecule has 13 nitrogen and oxygen atoms in total. The third kappa shape index (κ3) is 8.05. The van der Waals surface area contributed by atoms with Gasteiger partial charge in [0.25, 0.3) is 5.91 Å². The van der Waals surface area contributed by atoms with Crippen LogP contribution >= 0.6 is 0 Å². The summed E-state index contributed by atoms with van der Waals surface area (Å²) < 4.78 is 25.1. The number of urea groups is 1. The number of nitrogens with zero attached hydrogens (tertiary/aromatic N) is 2. The van der Waals surface area contributed by atoms with Gasteiger partial charge in [0.1, 0.15) is 12.1 Å². The van der Waals surface area contributed by atoms with Gasteiger partial charge in [0.05, 0.1) is 12.3 Å². The van der Waals surface area contributed by atoms with Crippen molar-refractivity contribution in [3.63, 3.8) is 0 Å². The number of fused-ring (bicyclic) bond motifs is 1. The van der Waals surface area contributed by atoms with Crippen LogP contribution in [0.3, 0.4) is 0 Å². The topological polar surface area (TPSA) is 188 Å². The Morgan fingerprint density at radius 1 is 1.05 bits per heavy atom. The number of Topliss-reactive ketones (excluding diaryl/α,β-unsaturated/α-hetero) is 1. The molecule has 0 aromatic rings. The molecule has 3 fully saturated rings. The highest BCUT2D eigenvalue weighted by molar-refractivity contribution is 7.88. The molecule has 1 aliphatic heterocycles. The summed E-state index contributed by atoms with van der Waals surface area (Å²) in [5.41, 5.74) is 4.33. The molecule has 1 heterocycles. The Labute approximate surface area is 255 Å². The molecule has 1 unspecified atom stereocenters. The number of nitrogens with two attached hydrogens (primary N) is 1. The maximum Gasteiger partial charge on any atom is 0.315 e. The summed E-state index contributed by atoms with van der Waals surface area (Å²) in [7, 11) is -2.04. The third-order valence-electron chi connectivity index (χ3n) is 9.43. The molecule has 0 bridgehead atoms. The van der Waals surface area contributed by atoms with E-state index in [2.05, 4.69) is 16.0 Å². The van der Waals surface area contributed by atoms with Gasteiger partial charge in [0, 0.05) is 26.2 Å². The van der Waals surface area contributed by atoms with Crippen molar-refractivity contribution in [2.24, 2.45) is 40.2 Å². The van der Waals surface area contributed by atoms with E-state index in [1.54, 1.807) is 20.8 Å². The van der Waals surface area contributed by atoms with E-state index in [1.807, 2.05) is 27.7 Å². The van der Waals surface area contributed by atoms with Crippen molar-refractivity contribution < 1.29 is 32.4 Å². The number of hydrogen-bond donors (Lipinski definition) is 4. The second-order valence-electron chi connectivity index (χ2n) is 14.7. The number of nitrogens with one attached hydrogen (secondary N) is 3. The molecule has 5 N–H and O–H groups in total. The lowest BCUT2D eigenvalue weighted by Gasteiger charge is -2.38. The zero-order valence-corrected chi connectivity index (χ0v) is 27.7. The SMILES string of the molecule is CC(C)[C@@H](CN(C)S(C)(=O)=O)NC(=O)N[C@H](C(=O)N1C[C@H]2[C@@H]([C@H]1C(=O)NC(CC1CC1)C(=O)C(N)=O)C2(C)C)C(C)(C)C. The van der Waals surface area contributed by atoms with Crippen molar-refractivity contribution in [3.8, 4) is 0 Å². The summed E-state index contributed by atoms with van der Waals surface area (Å²) in [6.45, 7) is 13.6. The molecule has 5 amide bonds. The number of hydrogen-bond acceptors (Lipinski definition) is 7. The van der Waals surface area contributed by atoms with Gasteiger partial charge in [-0.1, -0.05) is 61.3 Å². The zero-order valence-electron chi connectivity index (χ0n) is 26.9. The lowest BCUT2D eigenvalue weighted by molar-refractivity contribution is -0.145. The summed E-state index contributed by atoms with van der Waals surface area (Å²) in [5, 5.41) is 8.35. The van der Waals surface area contributed by atoms with E-state index in [1.165, 1.54) is 11.9 Å². The van der Waals surface area contributed by atoms with Crippen LogP contribution < -0.4 is 21.7 Å². The van der Waals surface area contributed by atoms with Gasteiger partial charge in [-0.15, -0.1) is 0 Å². The molecule has 1 saturated heterocycles. The summed E-state index contributed by atoms with van der Waals surface area (Å²) in [5.74, 6) is -2.85. The number of primary amides is 1. The minimum atomic E-state index is -3.47. The maximum atomic E-state index is 14.1. The number of piperidine rings is 1. The van der Waals surface area contributed by atoms with Crippen LogP contribution in [0.25, 0.3) is 0 Å². The molecule has 0 aromatic carbocycles. The molecule has 3 rings (SSSR count). The van der Waals surface area contributed by atoms with Crippen molar-refractivity contribution in [1.29, 1.82) is 0 Å². The van der Waals surface area contributed by atoms with Crippen LogP contribution in [0.5, 0.6) is 0 Å². The standard InChI is InChI=1S/C29H50N6O7S/c1-15(2)19(14-34(8)43(9,41)42)32-27(40)33-23(28(3,4)5)26(39)35-13-17-20(29(17,6)7)21(35)25(38)31-18(12-16-10-11-16)22(36)24(30)37/h15-21,23H,10-14H2,1-9H3,(H2,30,37)(H,31,38)(H2,32,33,40)/t17-,18?,19+,20-,21-,23+/m0/s1. The highest BCUT2D eigenvalue weighted by atomic mass is 32.2. The van der Waals surface area contributed by atoms with Gasteiger partial charge in [-0.05, 0) is 40.9 Å². The van der Waals surface area contributed by atoms with E-state index in [0.29, 0.717) is 13.0 Å². The lowest BCUT2D eigenvalue weighted by atomic mass is 9.85. The van der Waals surface area contributed by atoms with Crippen LogP contribution in [0.1, 0.15) is 67.7 Å². The fourth-order valence-corrected chi connectivity index (χ4v) is 6.58. The van der Waals surface area contributed by atoms with Gasteiger partial charge >= 0.3 is 6.03 Å². The summed E-state index contributed by atoms with van der Waals surface area (Å²) in [4.78, 5) is 66.9. The largest absolute Gasteiger partial charge is 0.363 e. The van der Waals surface area contributed by atoms with Crippen LogP contribution in [-0.4, -0.2) is 97.7 Å². The average molecular weight is 627 g/mol. The normalized spacial score (nSPS) is 25.0. The first-order valence-corrected chi connectivity index (χ1v) is 16.8. The predicted molar refractivity (Wildman–Crippen MR) is 161 cm³/mol. The van der Waals surface area contributed by atoms with Crippen molar-refractivity contribution in [2.75, 3.05) is 26.4 Å². The average Bonchev–Trinajstić information content (AvgIpc) is 3.71. The number of sulfonamides is 1. The van der Waals surface area contributed by atoms with Gasteiger partial charge in [0.2, 0.25) is 27.6 Å². The lowest BCUT2D eigenvalue weighted by Crippen LogP contribution is -2.62. The number of likely N-dealkylation sites (tertiary alicyclic amines) is 1. The summed E-state index contributed by atoms with van der Waals surface area (Å²) >= 11 is 0. The van der Waals surface area contributed by atoms with Crippen molar-refractivity contribution in [3.05, 3.63) is 0 Å². The van der Waals surface area contributed by atoms with Gasteiger partial charge in [0.15, 0.2) is 0 Å². The van der Waals surface area contributed by atoms with E-state index in [-0.39, 0.29) is 35.6 Å². The van der Waals surface area contributed by atoms with Crippen LogP contribution in [0.15, 0.2) is 0 Å². The number of carbonyl (C=O) groups is 5. The molecule has 14 heteroatoms. The Balaban J connectivity index is 1.81. The first-order chi connectivity index (χ1) is 19.6. The minimum absolute atomic E-state index is 0.0525. The molecular weight excluding hydrogens is 576 g/mol.